The van der Waals surface area contributed by atoms with Gasteiger partial charge >= 0.3 is 0 Å². The van der Waals surface area contributed by atoms with Crippen LogP contribution in [0.25, 0.3) is 0 Å². The van der Waals surface area contributed by atoms with Gasteiger partial charge in [-0.1, -0.05) is 39.5 Å². The summed E-state index contributed by atoms with van der Waals surface area (Å²) in [6, 6.07) is 0. The van der Waals surface area contributed by atoms with Gasteiger partial charge in [-0.05, 0) is 12.8 Å². The normalized spacial score (nSPS) is 12.4. The lowest BCUT2D eigenvalue weighted by Crippen LogP contribution is -2.30. The molecular formula is C13H27NO2. The number of carbonyl (C=O) groups is 1. The summed E-state index contributed by atoms with van der Waals surface area (Å²) in [4.78, 5) is 11.5. The average Bonchev–Trinajstić information content (AvgIpc) is 2.31. The molecular weight excluding hydrogens is 202 g/mol. The van der Waals surface area contributed by atoms with Crippen molar-refractivity contribution >= 4 is 5.91 Å². The van der Waals surface area contributed by atoms with E-state index in [4.69, 9.17) is 4.74 Å². The monoisotopic (exact) mass is 229 g/mol. The van der Waals surface area contributed by atoms with Crippen LogP contribution in [0.3, 0.4) is 0 Å². The van der Waals surface area contributed by atoms with Crippen molar-refractivity contribution in [2.75, 3.05) is 20.3 Å². The molecule has 3 nitrogen and oxygen atoms in total. The van der Waals surface area contributed by atoms with Crippen LogP contribution in [0.15, 0.2) is 0 Å². The Labute approximate surface area is 99.9 Å². The van der Waals surface area contributed by atoms with Gasteiger partial charge in [0.1, 0.15) is 0 Å². The Morgan fingerprint density at radius 2 is 1.94 bits per heavy atom. The van der Waals surface area contributed by atoms with Gasteiger partial charge in [0.2, 0.25) is 5.91 Å². The third-order valence-corrected chi connectivity index (χ3v) is 2.72. The van der Waals surface area contributed by atoms with Crippen LogP contribution in [0.1, 0.15) is 52.4 Å². The predicted octanol–water partition coefficient (Wildman–Crippen LogP) is 2.75. The Kier molecular flexibility index (Phi) is 10.5. The van der Waals surface area contributed by atoms with E-state index in [-0.39, 0.29) is 11.8 Å². The quantitative estimate of drug-likeness (QED) is 0.585. The van der Waals surface area contributed by atoms with E-state index < -0.39 is 0 Å². The first kappa shape index (κ1) is 15.4. The summed E-state index contributed by atoms with van der Waals surface area (Å²) in [7, 11) is 1.69. The molecule has 0 aromatic rings. The summed E-state index contributed by atoms with van der Waals surface area (Å²) in [6.45, 7) is 5.65. The molecule has 0 saturated heterocycles. The molecule has 0 bridgehead atoms. The Morgan fingerprint density at radius 1 is 1.19 bits per heavy atom. The molecule has 0 heterocycles. The molecule has 0 rings (SSSR count). The lowest BCUT2D eigenvalue weighted by molar-refractivity contribution is -0.126. The second kappa shape index (κ2) is 10.9. The summed E-state index contributed by atoms with van der Waals surface area (Å²) in [5.74, 6) is 0.136. The zero-order valence-corrected chi connectivity index (χ0v) is 11.1. The van der Waals surface area contributed by atoms with E-state index in [9.17, 15) is 4.79 Å². The van der Waals surface area contributed by atoms with Crippen LogP contribution in [-0.4, -0.2) is 26.2 Å². The minimum Gasteiger partial charge on any atom is -0.381 e. The molecule has 0 aliphatic rings. The maximum absolute atomic E-state index is 11.5. The molecule has 0 fully saturated rings. The van der Waals surface area contributed by atoms with E-state index in [0.717, 1.165) is 25.9 Å². The van der Waals surface area contributed by atoms with Crippen molar-refractivity contribution in [1.82, 2.24) is 5.32 Å². The largest absolute Gasteiger partial charge is 0.381 e. The van der Waals surface area contributed by atoms with Crippen molar-refractivity contribution in [3.8, 4) is 0 Å². The standard InChI is InChI=1S/C13H27NO2/c1-4-6-7-8-10-16-11-12(9-5-2)13(15)14-3/h12H,4-11H2,1-3H3,(H,14,15). The molecule has 0 aliphatic carbocycles. The van der Waals surface area contributed by atoms with Gasteiger partial charge in [-0.15, -0.1) is 0 Å². The molecule has 0 aromatic carbocycles. The number of ether oxygens (including phenoxy) is 1. The number of carbonyl (C=O) groups excluding carboxylic acids is 1. The van der Waals surface area contributed by atoms with Crippen LogP contribution in [-0.2, 0) is 9.53 Å². The molecule has 0 radical (unpaired) electrons. The van der Waals surface area contributed by atoms with E-state index in [2.05, 4.69) is 19.2 Å². The van der Waals surface area contributed by atoms with Crippen molar-refractivity contribution in [3.05, 3.63) is 0 Å². The second-order valence-corrected chi connectivity index (χ2v) is 4.24. The molecule has 1 amide bonds. The first-order valence-electron chi connectivity index (χ1n) is 6.55. The zero-order valence-electron chi connectivity index (χ0n) is 11.1. The van der Waals surface area contributed by atoms with Gasteiger partial charge in [-0.3, -0.25) is 4.79 Å². The van der Waals surface area contributed by atoms with Crippen LogP contribution in [0.2, 0.25) is 0 Å². The van der Waals surface area contributed by atoms with Crippen LogP contribution < -0.4 is 5.32 Å². The number of rotatable bonds is 10. The molecule has 1 atom stereocenters. The SMILES string of the molecule is CCCCCCOCC(CCC)C(=O)NC. The van der Waals surface area contributed by atoms with Crippen molar-refractivity contribution < 1.29 is 9.53 Å². The molecule has 0 aromatic heterocycles. The van der Waals surface area contributed by atoms with Crippen molar-refractivity contribution in [2.24, 2.45) is 5.92 Å². The Balaban J connectivity index is 3.56. The van der Waals surface area contributed by atoms with Gasteiger partial charge < -0.3 is 10.1 Å². The van der Waals surface area contributed by atoms with Gasteiger partial charge in [0.05, 0.1) is 12.5 Å². The highest BCUT2D eigenvalue weighted by molar-refractivity contribution is 5.78. The summed E-state index contributed by atoms with van der Waals surface area (Å²) in [5.41, 5.74) is 0. The summed E-state index contributed by atoms with van der Waals surface area (Å²) >= 11 is 0. The number of nitrogens with one attached hydrogen (secondary N) is 1. The van der Waals surface area contributed by atoms with Gasteiger partial charge in [0, 0.05) is 13.7 Å². The summed E-state index contributed by atoms with van der Waals surface area (Å²) in [6.07, 6.45) is 6.80. The molecule has 3 heteroatoms. The second-order valence-electron chi connectivity index (χ2n) is 4.24. The average molecular weight is 229 g/mol. The fraction of sp³-hybridized carbons (Fsp3) is 0.923. The minimum atomic E-state index is 0.0289. The van der Waals surface area contributed by atoms with Crippen molar-refractivity contribution in [2.45, 2.75) is 52.4 Å². The van der Waals surface area contributed by atoms with Gasteiger partial charge in [0.25, 0.3) is 0 Å². The van der Waals surface area contributed by atoms with Crippen molar-refractivity contribution in [1.29, 1.82) is 0 Å². The molecule has 0 spiro atoms. The van der Waals surface area contributed by atoms with E-state index in [1.54, 1.807) is 7.05 Å². The van der Waals surface area contributed by atoms with Crippen molar-refractivity contribution in [3.63, 3.8) is 0 Å². The first-order valence-corrected chi connectivity index (χ1v) is 6.55. The number of hydrogen-bond acceptors (Lipinski definition) is 2. The van der Waals surface area contributed by atoms with Crippen LogP contribution in [0.5, 0.6) is 0 Å². The fourth-order valence-corrected chi connectivity index (χ4v) is 1.70. The fourth-order valence-electron chi connectivity index (χ4n) is 1.70. The van der Waals surface area contributed by atoms with Crippen LogP contribution in [0, 0.1) is 5.92 Å². The highest BCUT2D eigenvalue weighted by Gasteiger charge is 2.15. The van der Waals surface area contributed by atoms with Gasteiger partial charge in [0.15, 0.2) is 0 Å². The van der Waals surface area contributed by atoms with E-state index in [1.807, 2.05) is 0 Å². The Bertz CT molecular complexity index is 171. The molecule has 1 N–H and O–H groups in total. The Morgan fingerprint density at radius 3 is 2.50 bits per heavy atom. The maximum atomic E-state index is 11.5. The minimum absolute atomic E-state index is 0.0289. The van der Waals surface area contributed by atoms with Gasteiger partial charge in [-0.25, -0.2) is 0 Å². The third-order valence-electron chi connectivity index (χ3n) is 2.72. The van der Waals surface area contributed by atoms with Crippen LogP contribution >= 0.6 is 0 Å². The first-order chi connectivity index (χ1) is 7.76. The molecule has 1 unspecified atom stereocenters. The number of hydrogen-bond donors (Lipinski definition) is 1. The maximum Gasteiger partial charge on any atom is 0.225 e. The Hall–Kier alpha value is -0.570. The van der Waals surface area contributed by atoms with Crippen LogP contribution in [0.4, 0.5) is 0 Å². The lowest BCUT2D eigenvalue weighted by Gasteiger charge is -2.14. The lowest BCUT2D eigenvalue weighted by atomic mass is 10.0. The third kappa shape index (κ3) is 7.69. The van der Waals surface area contributed by atoms with Gasteiger partial charge in [-0.2, -0.15) is 0 Å². The highest BCUT2D eigenvalue weighted by atomic mass is 16.5. The molecule has 16 heavy (non-hydrogen) atoms. The molecule has 0 saturated carbocycles. The highest BCUT2D eigenvalue weighted by Crippen LogP contribution is 2.08. The van der Waals surface area contributed by atoms with E-state index >= 15 is 0 Å². The summed E-state index contributed by atoms with van der Waals surface area (Å²) < 4.78 is 5.56. The molecule has 0 aliphatic heterocycles. The number of unbranched alkanes of at least 4 members (excludes halogenated alkanes) is 3. The smallest absolute Gasteiger partial charge is 0.225 e. The van der Waals surface area contributed by atoms with E-state index in [0.29, 0.717) is 6.61 Å². The number of amides is 1. The van der Waals surface area contributed by atoms with E-state index in [1.165, 1.54) is 19.3 Å². The summed E-state index contributed by atoms with van der Waals surface area (Å²) in [5, 5.41) is 2.69. The zero-order chi connectivity index (χ0) is 12.2. The topological polar surface area (TPSA) is 38.3 Å². The predicted molar refractivity (Wildman–Crippen MR) is 67.4 cm³/mol. The molecule has 96 valence electrons.